The number of nitrogens with one attached hydrogen (secondary N) is 1. The number of hydrogen-bond acceptors (Lipinski definition) is 2. The van der Waals surface area contributed by atoms with Crippen LogP contribution in [0.1, 0.15) is 12.5 Å². The van der Waals surface area contributed by atoms with Gasteiger partial charge in [0, 0.05) is 10.7 Å². The van der Waals surface area contributed by atoms with Crippen molar-refractivity contribution in [1.29, 1.82) is 0 Å². The van der Waals surface area contributed by atoms with E-state index in [0.29, 0.717) is 23.8 Å². The highest BCUT2D eigenvalue weighted by atomic mass is 35.5. The highest BCUT2D eigenvalue weighted by Crippen LogP contribution is 2.23. The number of nitrogens with zero attached hydrogens (tertiary/aromatic N) is 1. The Morgan fingerprint density at radius 3 is 2.71 bits per heavy atom. The number of hydrogen-bond donors (Lipinski definition) is 2. The van der Waals surface area contributed by atoms with Crippen molar-refractivity contribution < 1.29 is 9.90 Å². The molecule has 0 bridgehead atoms. The van der Waals surface area contributed by atoms with E-state index in [2.05, 4.69) is 5.32 Å². The molecule has 2 rings (SSSR count). The van der Waals surface area contributed by atoms with Gasteiger partial charge in [0.2, 0.25) is 0 Å². The molecule has 0 spiro atoms. The largest absolute Gasteiger partial charge is 0.386 e. The Hall–Kier alpha value is -1.26. The molecule has 2 N–H and O–H groups in total. The van der Waals surface area contributed by atoms with Crippen molar-refractivity contribution in [2.24, 2.45) is 0 Å². The Morgan fingerprint density at radius 1 is 1.53 bits per heavy atom. The van der Waals surface area contributed by atoms with E-state index >= 15 is 0 Å². The van der Waals surface area contributed by atoms with Gasteiger partial charge in [0.25, 0.3) is 0 Å². The number of aliphatic hydroxyl groups is 1. The van der Waals surface area contributed by atoms with Gasteiger partial charge < -0.3 is 15.3 Å². The molecule has 4 nitrogen and oxygen atoms in total. The third kappa shape index (κ3) is 2.70. The van der Waals surface area contributed by atoms with Crippen LogP contribution in [0.15, 0.2) is 18.2 Å². The molecule has 1 fully saturated rings. The van der Waals surface area contributed by atoms with Crippen molar-refractivity contribution in [3.8, 4) is 0 Å². The van der Waals surface area contributed by atoms with Crippen LogP contribution < -0.4 is 5.32 Å². The molecule has 0 radical (unpaired) electrons. The second-order valence-corrected chi connectivity index (χ2v) is 5.15. The summed E-state index contributed by atoms with van der Waals surface area (Å²) in [5, 5.41) is 12.9. The van der Waals surface area contributed by atoms with Crippen molar-refractivity contribution in [2.45, 2.75) is 19.4 Å². The van der Waals surface area contributed by atoms with Crippen LogP contribution in [0.4, 0.5) is 10.5 Å². The maximum Gasteiger partial charge on any atom is 0.322 e. The van der Waals surface area contributed by atoms with Gasteiger partial charge in [0.15, 0.2) is 0 Å². The molecule has 0 unspecified atom stereocenters. The number of amides is 2. The maximum absolute atomic E-state index is 11.7. The number of halogens is 1. The first-order valence-electron chi connectivity index (χ1n) is 5.42. The smallest absolute Gasteiger partial charge is 0.322 e. The SMILES string of the molecule is Cc1ccc(NC(=O)N2CC(C)(O)C2)cc1Cl. The minimum absolute atomic E-state index is 0.212. The van der Waals surface area contributed by atoms with Crippen molar-refractivity contribution >= 4 is 23.3 Å². The number of β-amino-alcohol motifs (C(OH)–C–C–N with tert-alkyl or cyclic N) is 1. The molecule has 17 heavy (non-hydrogen) atoms. The van der Waals surface area contributed by atoms with Crippen molar-refractivity contribution in [3.63, 3.8) is 0 Å². The number of carbonyl (C=O) groups is 1. The van der Waals surface area contributed by atoms with Gasteiger partial charge in [-0.2, -0.15) is 0 Å². The average molecular weight is 255 g/mol. The van der Waals surface area contributed by atoms with Gasteiger partial charge in [-0.15, -0.1) is 0 Å². The van der Waals surface area contributed by atoms with Gasteiger partial charge in [-0.3, -0.25) is 0 Å². The fraction of sp³-hybridized carbons (Fsp3) is 0.417. The van der Waals surface area contributed by atoms with Crippen molar-refractivity contribution in [3.05, 3.63) is 28.8 Å². The molecule has 1 heterocycles. The summed E-state index contributed by atoms with van der Waals surface area (Å²) in [7, 11) is 0. The number of carbonyl (C=O) groups excluding carboxylic acids is 1. The maximum atomic E-state index is 11.7. The first-order valence-corrected chi connectivity index (χ1v) is 5.80. The topological polar surface area (TPSA) is 52.6 Å². The van der Waals surface area contributed by atoms with E-state index in [9.17, 15) is 9.90 Å². The average Bonchev–Trinajstić information content (AvgIpc) is 2.20. The lowest BCUT2D eigenvalue weighted by Gasteiger charge is -2.43. The molecular weight excluding hydrogens is 240 g/mol. The number of urea groups is 1. The van der Waals surface area contributed by atoms with Crippen molar-refractivity contribution in [1.82, 2.24) is 4.90 Å². The zero-order valence-electron chi connectivity index (χ0n) is 9.83. The zero-order valence-corrected chi connectivity index (χ0v) is 10.6. The summed E-state index contributed by atoms with van der Waals surface area (Å²) in [4.78, 5) is 13.3. The second-order valence-electron chi connectivity index (χ2n) is 4.75. The van der Waals surface area contributed by atoms with Crippen LogP contribution in [-0.4, -0.2) is 34.7 Å². The summed E-state index contributed by atoms with van der Waals surface area (Å²) < 4.78 is 0. The number of aryl methyl sites for hydroxylation is 1. The van der Waals surface area contributed by atoms with E-state index in [1.807, 2.05) is 13.0 Å². The Bertz CT molecular complexity index is 452. The Balaban J connectivity index is 1.97. The summed E-state index contributed by atoms with van der Waals surface area (Å²) in [6.45, 7) is 4.33. The van der Waals surface area contributed by atoms with Crippen LogP contribution >= 0.6 is 11.6 Å². The monoisotopic (exact) mass is 254 g/mol. The number of rotatable bonds is 1. The lowest BCUT2D eigenvalue weighted by atomic mass is 9.98. The fourth-order valence-corrected chi connectivity index (χ4v) is 1.97. The molecule has 2 amide bonds. The van der Waals surface area contributed by atoms with Gasteiger partial charge >= 0.3 is 6.03 Å². The molecule has 0 aromatic heterocycles. The lowest BCUT2D eigenvalue weighted by molar-refractivity contribution is -0.0581. The van der Waals surface area contributed by atoms with E-state index < -0.39 is 5.60 Å². The fourth-order valence-electron chi connectivity index (χ4n) is 1.79. The first kappa shape index (κ1) is 12.2. The number of benzene rings is 1. The first-order chi connectivity index (χ1) is 7.87. The predicted octanol–water partition coefficient (Wildman–Crippen LogP) is 2.25. The minimum Gasteiger partial charge on any atom is -0.386 e. The molecule has 0 atom stereocenters. The van der Waals surface area contributed by atoms with Gasteiger partial charge in [0.1, 0.15) is 0 Å². The van der Waals surface area contributed by atoms with Gasteiger partial charge in [0.05, 0.1) is 18.7 Å². The van der Waals surface area contributed by atoms with Crippen LogP contribution in [-0.2, 0) is 0 Å². The van der Waals surface area contributed by atoms with Crippen molar-refractivity contribution in [2.75, 3.05) is 18.4 Å². The highest BCUT2D eigenvalue weighted by molar-refractivity contribution is 6.31. The number of anilines is 1. The van der Waals surface area contributed by atoms with Crippen LogP contribution in [0.5, 0.6) is 0 Å². The summed E-state index contributed by atoms with van der Waals surface area (Å²) in [6, 6.07) is 5.16. The molecule has 0 aliphatic carbocycles. The van der Waals surface area contributed by atoms with Gasteiger partial charge in [-0.05, 0) is 31.5 Å². The molecule has 1 aliphatic heterocycles. The summed E-state index contributed by atoms with van der Waals surface area (Å²) >= 11 is 5.97. The second kappa shape index (κ2) is 4.20. The molecule has 92 valence electrons. The Labute approximate surface area is 105 Å². The summed E-state index contributed by atoms with van der Waals surface area (Å²) in [5.74, 6) is 0. The summed E-state index contributed by atoms with van der Waals surface area (Å²) in [6.07, 6.45) is 0. The van der Waals surface area contributed by atoms with Crippen LogP contribution in [0, 0.1) is 6.92 Å². The van der Waals surface area contributed by atoms with E-state index in [1.54, 1.807) is 24.0 Å². The molecule has 1 aromatic carbocycles. The Kier molecular flexibility index (Phi) is 3.02. The molecular formula is C12H15ClN2O2. The van der Waals surface area contributed by atoms with E-state index in [0.717, 1.165) is 5.56 Å². The molecule has 1 aromatic rings. The third-order valence-electron chi connectivity index (χ3n) is 2.77. The van der Waals surface area contributed by atoms with E-state index in [-0.39, 0.29) is 6.03 Å². The van der Waals surface area contributed by atoms with Crippen LogP contribution in [0.3, 0.4) is 0 Å². The predicted molar refractivity (Wildman–Crippen MR) is 67.4 cm³/mol. The van der Waals surface area contributed by atoms with E-state index in [4.69, 9.17) is 11.6 Å². The Morgan fingerprint density at radius 2 is 2.18 bits per heavy atom. The van der Waals surface area contributed by atoms with E-state index in [1.165, 1.54) is 0 Å². The molecule has 0 saturated carbocycles. The van der Waals surface area contributed by atoms with Crippen LogP contribution in [0.2, 0.25) is 5.02 Å². The quantitative estimate of drug-likeness (QED) is 0.808. The highest BCUT2D eigenvalue weighted by Gasteiger charge is 2.39. The van der Waals surface area contributed by atoms with Gasteiger partial charge in [-0.1, -0.05) is 17.7 Å². The molecule has 1 aliphatic rings. The standard InChI is InChI=1S/C12H15ClN2O2/c1-8-3-4-9(5-10(8)13)14-11(16)15-6-12(2,17)7-15/h3-5,17H,6-7H2,1-2H3,(H,14,16). The third-order valence-corrected chi connectivity index (χ3v) is 3.18. The minimum atomic E-state index is -0.748. The van der Waals surface area contributed by atoms with Gasteiger partial charge in [-0.25, -0.2) is 4.79 Å². The number of likely N-dealkylation sites (tertiary alicyclic amines) is 1. The summed E-state index contributed by atoms with van der Waals surface area (Å²) in [5.41, 5.74) is 0.885. The normalized spacial score (nSPS) is 17.5. The lowest BCUT2D eigenvalue weighted by Crippen LogP contribution is -2.62. The van der Waals surface area contributed by atoms with Crippen LogP contribution in [0.25, 0.3) is 0 Å². The zero-order chi connectivity index (χ0) is 12.6. The molecule has 1 saturated heterocycles. The molecule has 5 heteroatoms.